The van der Waals surface area contributed by atoms with E-state index in [1.54, 1.807) is 0 Å². The van der Waals surface area contributed by atoms with Crippen LogP contribution in [0.2, 0.25) is 0 Å². The Morgan fingerprint density at radius 3 is 2.17 bits per heavy atom. The van der Waals surface area contributed by atoms with Crippen molar-refractivity contribution >= 4 is 5.69 Å². The van der Waals surface area contributed by atoms with Crippen LogP contribution in [-0.4, -0.2) is 16.6 Å². The first kappa shape index (κ1) is 16.9. The van der Waals surface area contributed by atoms with Crippen molar-refractivity contribution in [1.29, 1.82) is 0 Å². The number of hydrogen-bond donors (Lipinski definition) is 2. The second kappa shape index (κ2) is 7.21. The topological polar surface area (TPSA) is 75.4 Å². The smallest absolute Gasteiger partial charge is 0.269 e. The number of nitrogens with one attached hydrogen (secondary N) is 1. The highest BCUT2D eigenvalue weighted by atomic mass is 19.2. The maximum atomic E-state index is 13.2. The summed E-state index contributed by atoms with van der Waals surface area (Å²) in [5, 5.41) is 22.7. The summed E-state index contributed by atoms with van der Waals surface area (Å²) in [4.78, 5) is 10.0. The van der Waals surface area contributed by atoms with E-state index in [2.05, 4.69) is 5.32 Å². The van der Waals surface area contributed by atoms with Crippen LogP contribution < -0.4 is 5.32 Å². The van der Waals surface area contributed by atoms with E-state index in [0.29, 0.717) is 5.56 Å². The number of nitro groups is 1. The molecule has 0 radical (unpaired) electrons. The summed E-state index contributed by atoms with van der Waals surface area (Å²) in [6.45, 7) is -0.263. The van der Waals surface area contributed by atoms with Crippen molar-refractivity contribution in [3.63, 3.8) is 0 Å². The molecule has 0 aliphatic heterocycles. The second-order valence-electron chi connectivity index (χ2n) is 4.84. The molecule has 0 fully saturated rings. The summed E-state index contributed by atoms with van der Waals surface area (Å²) in [6, 6.07) is 6.49. The number of aliphatic hydroxyl groups is 1. The van der Waals surface area contributed by atoms with Crippen LogP contribution in [0.1, 0.15) is 17.2 Å². The van der Waals surface area contributed by atoms with Crippen LogP contribution in [-0.2, 0) is 6.54 Å². The van der Waals surface area contributed by atoms with Gasteiger partial charge in [0.05, 0.1) is 17.6 Å². The number of aliphatic hydroxyl groups excluding tert-OH is 1. The molecular formula is C15H13F3N2O3. The van der Waals surface area contributed by atoms with Gasteiger partial charge in [0.2, 0.25) is 0 Å². The zero-order valence-electron chi connectivity index (χ0n) is 11.8. The third kappa shape index (κ3) is 4.05. The molecule has 0 aliphatic carbocycles. The van der Waals surface area contributed by atoms with Gasteiger partial charge in [-0.3, -0.25) is 10.1 Å². The molecule has 1 unspecified atom stereocenters. The van der Waals surface area contributed by atoms with E-state index in [1.165, 1.54) is 24.3 Å². The van der Waals surface area contributed by atoms with Crippen LogP contribution in [0.3, 0.4) is 0 Å². The van der Waals surface area contributed by atoms with Gasteiger partial charge >= 0.3 is 0 Å². The number of rotatable bonds is 6. The van der Waals surface area contributed by atoms with Crippen LogP contribution in [0.5, 0.6) is 0 Å². The van der Waals surface area contributed by atoms with Gasteiger partial charge in [0.15, 0.2) is 17.5 Å². The maximum Gasteiger partial charge on any atom is 0.269 e. The molecule has 0 heterocycles. The van der Waals surface area contributed by atoms with Gasteiger partial charge in [0.1, 0.15) is 0 Å². The molecule has 2 aromatic carbocycles. The predicted molar refractivity (Wildman–Crippen MR) is 76.1 cm³/mol. The van der Waals surface area contributed by atoms with E-state index < -0.39 is 35.0 Å². The quantitative estimate of drug-likeness (QED) is 0.486. The lowest BCUT2D eigenvalue weighted by molar-refractivity contribution is -0.384. The van der Waals surface area contributed by atoms with Gasteiger partial charge in [-0.1, -0.05) is 12.1 Å². The molecule has 0 bridgehead atoms. The van der Waals surface area contributed by atoms with E-state index in [1.807, 2.05) is 0 Å². The second-order valence-corrected chi connectivity index (χ2v) is 4.84. The predicted octanol–water partition coefficient (Wildman–Crippen LogP) is 2.84. The first-order chi connectivity index (χ1) is 10.9. The van der Waals surface area contributed by atoms with Gasteiger partial charge in [-0.15, -0.1) is 0 Å². The minimum absolute atomic E-state index is 0.0601. The fourth-order valence-electron chi connectivity index (χ4n) is 2.04. The molecular weight excluding hydrogens is 313 g/mol. The fraction of sp³-hybridized carbons (Fsp3) is 0.200. The lowest BCUT2D eigenvalue weighted by Gasteiger charge is -2.17. The van der Waals surface area contributed by atoms with Gasteiger partial charge in [0.25, 0.3) is 5.69 Å². The number of nitro benzene ring substituents is 1. The summed E-state index contributed by atoms with van der Waals surface area (Å²) < 4.78 is 39.4. The molecule has 0 saturated carbocycles. The number of non-ortho nitro benzene ring substituents is 1. The van der Waals surface area contributed by atoms with Gasteiger partial charge in [0, 0.05) is 18.7 Å². The Labute approximate surface area is 129 Å². The monoisotopic (exact) mass is 326 g/mol. The lowest BCUT2D eigenvalue weighted by atomic mass is 10.1. The van der Waals surface area contributed by atoms with E-state index >= 15 is 0 Å². The zero-order valence-corrected chi connectivity index (χ0v) is 11.8. The Morgan fingerprint density at radius 2 is 1.70 bits per heavy atom. The van der Waals surface area contributed by atoms with Crippen LogP contribution in [0.4, 0.5) is 18.9 Å². The fourth-order valence-corrected chi connectivity index (χ4v) is 2.04. The molecule has 0 amide bonds. The minimum atomic E-state index is -1.57. The van der Waals surface area contributed by atoms with Crippen LogP contribution in [0.25, 0.3) is 0 Å². The van der Waals surface area contributed by atoms with Crippen molar-refractivity contribution in [3.8, 4) is 0 Å². The molecule has 122 valence electrons. The largest absolute Gasteiger partial charge is 0.394 e. The minimum Gasteiger partial charge on any atom is -0.394 e. The molecule has 8 heteroatoms. The van der Waals surface area contributed by atoms with E-state index in [-0.39, 0.29) is 17.8 Å². The average molecular weight is 326 g/mol. The third-order valence-corrected chi connectivity index (χ3v) is 3.29. The highest BCUT2D eigenvalue weighted by Gasteiger charge is 2.17. The SMILES string of the molecule is O=[N+]([O-])c1ccc(CNC(CO)c2cc(F)c(F)c(F)c2)cc1. The standard InChI is InChI=1S/C15H13F3N2O3/c16-12-5-10(6-13(17)15(12)18)14(8-21)19-7-9-1-3-11(4-2-9)20(22)23/h1-6,14,19,21H,7-8H2. The van der Waals surface area contributed by atoms with Gasteiger partial charge < -0.3 is 10.4 Å². The van der Waals surface area contributed by atoms with Gasteiger partial charge in [-0.2, -0.15) is 0 Å². The van der Waals surface area contributed by atoms with Crippen molar-refractivity contribution in [2.75, 3.05) is 6.61 Å². The van der Waals surface area contributed by atoms with Gasteiger partial charge in [-0.25, -0.2) is 13.2 Å². The lowest BCUT2D eigenvalue weighted by Crippen LogP contribution is -2.24. The average Bonchev–Trinajstić information content (AvgIpc) is 2.53. The first-order valence-electron chi connectivity index (χ1n) is 6.64. The molecule has 0 aliphatic rings. The summed E-state index contributed by atoms with van der Waals surface area (Å²) in [6.07, 6.45) is 0. The Morgan fingerprint density at radius 1 is 1.13 bits per heavy atom. The molecule has 1 atom stereocenters. The molecule has 0 aromatic heterocycles. The Hall–Kier alpha value is -2.45. The molecule has 0 spiro atoms. The number of hydrogen-bond acceptors (Lipinski definition) is 4. The van der Waals surface area contributed by atoms with Crippen molar-refractivity contribution in [3.05, 3.63) is 75.1 Å². The summed E-state index contributed by atoms with van der Waals surface area (Å²) in [5.41, 5.74) is 0.679. The van der Waals surface area contributed by atoms with Gasteiger partial charge in [-0.05, 0) is 23.3 Å². The van der Waals surface area contributed by atoms with Crippen molar-refractivity contribution in [1.82, 2.24) is 5.32 Å². The summed E-state index contributed by atoms with van der Waals surface area (Å²) in [7, 11) is 0. The first-order valence-corrected chi connectivity index (χ1v) is 6.64. The van der Waals surface area contributed by atoms with Crippen molar-refractivity contribution in [2.45, 2.75) is 12.6 Å². The Kier molecular flexibility index (Phi) is 5.30. The Bertz CT molecular complexity index is 685. The van der Waals surface area contributed by atoms with E-state index in [0.717, 1.165) is 12.1 Å². The van der Waals surface area contributed by atoms with E-state index in [4.69, 9.17) is 0 Å². The van der Waals surface area contributed by atoms with Crippen molar-refractivity contribution in [2.24, 2.45) is 0 Å². The molecule has 2 N–H and O–H groups in total. The summed E-state index contributed by atoms with van der Waals surface area (Å²) >= 11 is 0. The van der Waals surface area contributed by atoms with Crippen LogP contribution >= 0.6 is 0 Å². The van der Waals surface area contributed by atoms with Crippen LogP contribution in [0, 0.1) is 27.6 Å². The number of benzene rings is 2. The zero-order chi connectivity index (χ0) is 17.0. The molecule has 5 nitrogen and oxygen atoms in total. The normalized spacial score (nSPS) is 12.2. The highest BCUT2D eigenvalue weighted by molar-refractivity contribution is 5.33. The van der Waals surface area contributed by atoms with Crippen LogP contribution in [0.15, 0.2) is 36.4 Å². The summed E-state index contributed by atoms with van der Waals surface area (Å²) in [5.74, 6) is -4.24. The molecule has 23 heavy (non-hydrogen) atoms. The molecule has 2 rings (SSSR count). The molecule has 0 saturated heterocycles. The highest BCUT2D eigenvalue weighted by Crippen LogP contribution is 2.20. The third-order valence-electron chi connectivity index (χ3n) is 3.29. The molecule has 2 aromatic rings. The van der Waals surface area contributed by atoms with Crippen molar-refractivity contribution < 1.29 is 23.2 Å². The van der Waals surface area contributed by atoms with E-state index in [9.17, 15) is 28.4 Å². The number of nitrogens with zero attached hydrogens (tertiary/aromatic N) is 1. The maximum absolute atomic E-state index is 13.2. The Balaban J connectivity index is 2.09. The number of halogens is 3.